The fraction of sp³-hybridized carbons (Fsp3) is 0.414. The first-order valence-electron chi connectivity index (χ1n) is 13.2. The van der Waals surface area contributed by atoms with Crippen molar-refractivity contribution in [3.05, 3.63) is 71.8 Å². The first kappa shape index (κ1) is 32.9. The SMILES string of the molecule is CCOC(=O)[C@H](C)NC(=O)[C@H](CC(=O)OCc1ccccc1)NC(=O)[C@@H](C)NC(=O)[C@H](N)COCc1ccccc1. The Kier molecular flexibility index (Phi) is 14.0. The predicted octanol–water partition coefficient (Wildman–Crippen LogP) is 0.721. The molecule has 2 aromatic carbocycles. The third-order valence-corrected chi connectivity index (χ3v) is 5.74. The molecule has 0 aromatic heterocycles. The highest BCUT2D eigenvalue weighted by atomic mass is 16.5. The van der Waals surface area contributed by atoms with Crippen molar-refractivity contribution >= 4 is 29.7 Å². The molecule has 0 unspecified atom stereocenters. The highest BCUT2D eigenvalue weighted by molar-refractivity contribution is 5.95. The summed E-state index contributed by atoms with van der Waals surface area (Å²) in [4.78, 5) is 62.8. The number of carbonyl (C=O) groups excluding carboxylic acids is 5. The molecule has 0 aliphatic rings. The molecule has 5 N–H and O–H groups in total. The quantitative estimate of drug-likeness (QED) is 0.212. The van der Waals surface area contributed by atoms with E-state index < -0.39 is 60.2 Å². The van der Waals surface area contributed by atoms with Crippen LogP contribution in [0.1, 0.15) is 38.3 Å². The second-order valence-electron chi connectivity index (χ2n) is 9.23. The minimum atomic E-state index is -1.40. The van der Waals surface area contributed by atoms with Gasteiger partial charge in [0, 0.05) is 0 Å². The molecule has 12 heteroatoms. The van der Waals surface area contributed by atoms with Crippen molar-refractivity contribution in [2.75, 3.05) is 13.2 Å². The summed E-state index contributed by atoms with van der Waals surface area (Å²) in [7, 11) is 0. The molecule has 0 aliphatic carbocycles. The molecule has 0 bridgehead atoms. The summed E-state index contributed by atoms with van der Waals surface area (Å²) >= 11 is 0. The summed E-state index contributed by atoms with van der Waals surface area (Å²) in [6.45, 7) is 4.69. The number of nitrogens with two attached hydrogens (primary N) is 1. The van der Waals surface area contributed by atoms with E-state index in [0.717, 1.165) is 11.1 Å². The zero-order valence-electron chi connectivity index (χ0n) is 23.5. The summed E-state index contributed by atoms with van der Waals surface area (Å²) in [6.07, 6.45) is -0.520. The van der Waals surface area contributed by atoms with Crippen LogP contribution in [-0.4, -0.2) is 67.0 Å². The monoisotopic (exact) mass is 570 g/mol. The first-order valence-corrected chi connectivity index (χ1v) is 13.2. The van der Waals surface area contributed by atoms with Crippen LogP contribution in [0.25, 0.3) is 0 Å². The maximum absolute atomic E-state index is 12.9. The number of hydrogen-bond donors (Lipinski definition) is 4. The van der Waals surface area contributed by atoms with E-state index in [9.17, 15) is 24.0 Å². The molecule has 0 saturated heterocycles. The van der Waals surface area contributed by atoms with Gasteiger partial charge >= 0.3 is 11.9 Å². The molecule has 0 aliphatic heterocycles. The van der Waals surface area contributed by atoms with E-state index in [1.165, 1.54) is 13.8 Å². The van der Waals surface area contributed by atoms with Gasteiger partial charge in [-0.2, -0.15) is 0 Å². The molecule has 4 atom stereocenters. The molecule has 222 valence electrons. The van der Waals surface area contributed by atoms with Crippen molar-refractivity contribution in [3.8, 4) is 0 Å². The number of hydrogen-bond acceptors (Lipinski definition) is 9. The summed E-state index contributed by atoms with van der Waals surface area (Å²) in [5, 5.41) is 7.33. The van der Waals surface area contributed by atoms with Crippen LogP contribution in [0.5, 0.6) is 0 Å². The van der Waals surface area contributed by atoms with Gasteiger partial charge in [-0.3, -0.25) is 19.2 Å². The Bertz CT molecular complexity index is 1150. The lowest BCUT2D eigenvalue weighted by Gasteiger charge is -2.23. The van der Waals surface area contributed by atoms with Crippen LogP contribution in [0, 0.1) is 0 Å². The van der Waals surface area contributed by atoms with Gasteiger partial charge in [0.2, 0.25) is 17.7 Å². The Morgan fingerprint density at radius 2 is 1.29 bits per heavy atom. The maximum atomic E-state index is 12.9. The molecule has 2 rings (SSSR count). The third-order valence-electron chi connectivity index (χ3n) is 5.74. The number of benzene rings is 2. The van der Waals surface area contributed by atoms with Gasteiger partial charge in [0.05, 0.1) is 26.2 Å². The normalized spacial score (nSPS) is 13.6. The largest absolute Gasteiger partial charge is 0.464 e. The van der Waals surface area contributed by atoms with Gasteiger partial charge in [-0.25, -0.2) is 4.79 Å². The van der Waals surface area contributed by atoms with Crippen molar-refractivity contribution < 1.29 is 38.2 Å². The van der Waals surface area contributed by atoms with E-state index in [-0.39, 0.29) is 26.4 Å². The van der Waals surface area contributed by atoms with Gasteiger partial charge in [-0.15, -0.1) is 0 Å². The molecule has 0 fully saturated rings. The van der Waals surface area contributed by atoms with Crippen LogP contribution < -0.4 is 21.7 Å². The van der Waals surface area contributed by atoms with Crippen molar-refractivity contribution in [2.24, 2.45) is 5.73 Å². The van der Waals surface area contributed by atoms with E-state index in [1.807, 2.05) is 36.4 Å². The molecule has 0 heterocycles. The number of rotatable bonds is 16. The van der Waals surface area contributed by atoms with Crippen molar-refractivity contribution in [2.45, 2.75) is 64.6 Å². The van der Waals surface area contributed by atoms with Crippen LogP contribution in [0.15, 0.2) is 60.7 Å². The average Bonchev–Trinajstić information content (AvgIpc) is 2.96. The molecule has 0 saturated carbocycles. The lowest BCUT2D eigenvalue weighted by molar-refractivity contribution is -0.148. The highest BCUT2D eigenvalue weighted by Crippen LogP contribution is 2.05. The molecule has 12 nitrogen and oxygen atoms in total. The summed E-state index contributed by atoms with van der Waals surface area (Å²) in [5.41, 5.74) is 7.55. The Balaban J connectivity index is 1.95. The van der Waals surface area contributed by atoms with Crippen molar-refractivity contribution in [3.63, 3.8) is 0 Å². The number of nitrogens with one attached hydrogen (secondary N) is 3. The minimum absolute atomic E-state index is 0.0299. The Morgan fingerprint density at radius 3 is 1.88 bits per heavy atom. The summed E-state index contributed by atoms with van der Waals surface area (Å²) in [6, 6.07) is 13.7. The third kappa shape index (κ3) is 12.2. The van der Waals surface area contributed by atoms with E-state index in [0.29, 0.717) is 0 Å². The number of ether oxygens (including phenoxy) is 3. The fourth-order valence-corrected chi connectivity index (χ4v) is 3.45. The molecule has 41 heavy (non-hydrogen) atoms. The molecule has 0 radical (unpaired) electrons. The molecule has 0 spiro atoms. The Hall–Kier alpha value is -4.29. The molecular weight excluding hydrogens is 532 g/mol. The Morgan fingerprint density at radius 1 is 0.732 bits per heavy atom. The number of esters is 2. The zero-order chi connectivity index (χ0) is 30.2. The second-order valence-corrected chi connectivity index (χ2v) is 9.23. The summed E-state index contributed by atoms with van der Waals surface area (Å²) < 4.78 is 15.6. The van der Waals surface area contributed by atoms with E-state index in [4.69, 9.17) is 19.9 Å². The smallest absolute Gasteiger partial charge is 0.328 e. The number of carbonyl (C=O) groups is 5. The van der Waals surface area contributed by atoms with Crippen LogP contribution >= 0.6 is 0 Å². The van der Waals surface area contributed by atoms with E-state index >= 15 is 0 Å². The number of amides is 3. The average molecular weight is 571 g/mol. The van der Waals surface area contributed by atoms with Crippen LogP contribution in [-0.2, 0) is 51.4 Å². The topological polar surface area (TPSA) is 175 Å². The van der Waals surface area contributed by atoms with E-state index in [1.54, 1.807) is 31.2 Å². The van der Waals surface area contributed by atoms with Gasteiger partial charge in [0.1, 0.15) is 30.8 Å². The van der Waals surface area contributed by atoms with Crippen LogP contribution in [0.2, 0.25) is 0 Å². The van der Waals surface area contributed by atoms with Crippen LogP contribution in [0.3, 0.4) is 0 Å². The van der Waals surface area contributed by atoms with Gasteiger partial charge < -0.3 is 35.9 Å². The van der Waals surface area contributed by atoms with Crippen molar-refractivity contribution in [1.82, 2.24) is 16.0 Å². The predicted molar refractivity (Wildman–Crippen MR) is 149 cm³/mol. The molecular formula is C29H38N4O8. The fourth-order valence-electron chi connectivity index (χ4n) is 3.45. The van der Waals surface area contributed by atoms with Crippen molar-refractivity contribution in [1.29, 1.82) is 0 Å². The van der Waals surface area contributed by atoms with Crippen LogP contribution in [0.4, 0.5) is 0 Å². The standard InChI is InChI=1S/C29H38N4O8/c1-4-40-29(38)20(3)32-28(37)24(15-25(34)41-17-22-13-9-6-10-14-22)33-26(35)19(2)31-27(36)23(30)18-39-16-21-11-7-5-8-12-21/h5-14,19-20,23-24H,4,15-18,30H2,1-3H3,(H,31,36)(H,32,37)(H,33,35)/t19-,20+,23-,24+/m1/s1. The molecule has 2 aromatic rings. The lowest BCUT2D eigenvalue weighted by Crippen LogP contribution is -2.57. The molecule has 3 amide bonds. The van der Waals surface area contributed by atoms with Gasteiger partial charge in [-0.1, -0.05) is 60.7 Å². The zero-order valence-corrected chi connectivity index (χ0v) is 23.5. The van der Waals surface area contributed by atoms with Gasteiger partial charge in [-0.05, 0) is 31.9 Å². The van der Waals surface area contributed by atoms with E-state index in [2.05, 4.69) is 16.0 Å². The summed E-state index contributed by atoms with van der Waals surface area (Å²) in [5.74, 6) is -3.63. The highest BCUT2D eigenvalue weighted by Gasteiger charge is 2.30. The van der Waals surface area contributed by atoms with Gasteiger partial charge in [0.25, 0.3) is 0 Å². The Labute approximate surface area is 239 Å². The second kappa shape index (κ2) is 17.4. The first-order chi connectivity index (χ1) is 19.6. The minimum Gasteiger partial charge on any atom is -0.464 e. The van der Waals surface area contributed by atoms with Gasteiger partial charge in [0.15, 0.2) is 0 Å². The lowest BCUT2D eigenvalue weighted by atomic mass is 10.1. The maximum Gasteiger partial charge on any atom is 0.328 e.